The van der Waals surface area contributed by atoms with Crippen LogP contribution in [-0.4, -0.2) is 35.4 Å². The molecule has 1 N–H and O–H groups in total. The molecule has 5 heteroatoms. The quantitative estimate of drug-likeness (QED) is 0.832. The highest BCUT2D eigenvalue weighted by Gasteiger charge is 2.46. The van der Waals surface area contributed by atoms with Crippen molar-refractivity contribution in [2.75, 3.05) is 11.9 Å². The van der Waals surface area contributed by atoms with Crippen LogP contribution in [0, 0.1) is 0 Å². The second-order valence-electron chi connectivity index (χ2n) is 5.19. The van der Waals surface area contributed by atoms with Crippen molar-refractivity contribution in [2.24, 2.45) is 0 Å². The Balaban J connectivity index is 1.65. The molecule has 20 heavy (non-hydrogen) atoms. The van der Waals surface area contributed by atoms with Gasteiger partial charge < -0.3 is 10.1 Å². The largest absolute Gasteiger partial charge is 0.494 e. The van der Waals surface area contributed by atoms with Gasteiger partial charge in [-0.05, 0) is 44.0 Å². The van der Waals surface area contributed by atoms with Gasteiger partial charge in [-0.3, -0.25) is 14.5 Å². The Hall–Kier alpha value is -2.04. The van der Waals surface area contributed by atoms with E-state index >= 15 is 0 Å². The molecule has 0 spiro atoms. The third-order valence-corrected chi connectivity index (χ3v) is 3.60. The zero-order chi connectivity index (χ0) is 14.1. The van der Waals surface area contributed by atoms with Gasteiger partial charge in [-0.2, -0.15) is 0 Å². The van der Waals surface area contributed by atoms with Gasteiger partial charge >= 0.3 is 0 Å². The predicted octanol–water partition coefficient (Wildman–Crippen LogP) is 1.79. The number of benzene rings is 1. The van der Waals surface area contributed by atoms with E-state index in [2.05, 4.69) is 5.32 Å². The van der Waals surface area contributed by atoms with Gasteiger partial charge in [0.2, 0.25) is 5.91 Å². The van der Waals surface area contributed by atoms with Crippen molar-refractivity contribution < 1.29 is 14.3 Å². The number of ether oxygens (including phenoxy) is 1. The number of carbonyl (C=O) groups is 2. The number of nitrogens with zero attached hydrogens (tertiary/aromatic N) is 1. The normalized spacial score (nSPS) is 22.2. The van der Waals surface area contributed by atoms with Crippen LogP contribution < -0.4 is 10.1 Å². The maximum absolute atomic E-state index is 12.2. The van der Waals surface area contributed by atoms with E-state index in [1.807, 2.05) is 31.2 Å². The van der Waals surface area contributed by atoms with Crippen LogP contribution in [0.4, 0.5) is 5.69 Å². The first-order valence-electron chi connectivity index (χ1n) is 7.04. The smallest absolute Gasteiger partial charge is 0.252 e. The Bertz CT molecular complexity index is 522. The zero-order valence-electron chi connectivity index (χ0n) is 11.5. The molecule has 1 unspecified atom stereocenters. The van der Waals surface area contributed by atoms with Gasteiger partial charge in [0.05, 0.1) is 13.0 Å². The molecule has 5 nitrogen and oxygen atoms in total. The van der Waals surface area contributed by atoms with Gasteiger partial charge in [-0.1, -0.05) is 0 Å². The highest BCUT2D eigenvalue weighted by molar-refractivity contribution is 6.07. The summed E-state index contributed by atoms with van der Waals surface area (Å²) < 4.78 is 5.37. The lowest BCUT2D eigenvalue weighted by Crippen LogP contribution is -2.36. The van der Waals surface area contributed by atoms with Crippen molar-refractivity contribution in [3.8, 4) is 5.75 Å². The van der Waals surface area contributed by atoms with E-state index < -0.39 is 6.04 Å². The van der Waals surface area contributed by atoms with Crippen LogP contribution in [-0.2, 0) is 9.59 Å². The van der Waals surface area contributed by atoms with Crippen LogP contribution in [0.5, 0.6) is 5.75 Å². The summed E-state index contributed by atoms with van der Waals surface area (Å²) in [6.45, 7) is 2.56. The third-order valence-electron chi connectivity index (χ3n) is 3.60. The van der Waals surface area contributed by atoms with Crippen LogP contribution >= 0.6 is 0 Å². The lowest BCUT2D eigenvalue weighted by Gasteiger charge is -2.15. The maximum Gasteiger partial charge on any atom is 0.252 e. The number of nitrogens with one attached hydrogen (secondary N) is 1. The molecule has 1 aromatic carbocycles. The molecule has 1 saturated heterocycles. The van der Waals surface area contributed by atoms with E-state index in [0.29, 0.717) is 6.61 Å². The number of anilines is 1. The summed E-state index contributed by atoms with van der Waals surface area (Å²) in [5.74, 6) is 0.652. The van der Waals surface area contributed by atoms with E-state index in [0.717, 1.165) is 24.3 Å². The van der Waals surface area contributed by atoms with Gasteiger partial charge in [0.15, 0.2) is 0 Å². The topological polar surface area (TPSA) is 58.6 Å². The monoisotopic (exact) mass is 274 g/mol. The molecule has 0 aromatic heterocycles. The molecular formula is C15H18N2O3. The molecule has 0 bridgehead atoms. The lowest BCUT2D eigenvalue weighted by molar-refractivity contribution is -0.139. The summed E-state index contributed by atoms with van der Waals surface area (Å²) in [4.78, 5) is 25.5. The van der Waals surface area contributed by atoms with Crippen molar-refractivity contribution in [1.82, 2.24) is 4.90 Å². The standard InChI is InChI=1S/C15H18N2O3/c1-2-20-12-7-3-10(4-8-12)16-13-9-14(18)17(15(13)19)11-5-6-11/h3-4,7-8,11,13,16H,2,5-6,9H2,1H3. The first-order chi connectivity index (χ1) is 9.69. The summed E-state index contributed by atoms with van der Waals surface area (Å²) in [6.07, 6.45) is 2.16. The average Bonchev–Trinajstić information content (AvgIpc) is 3.21. The molecule has 1 atom stereocenters. The van der Waals surface area contributed by atoms with E-state index in [9.17, 15) is 9.59 Å². The summed E-state index contributed by atoms with van der Waals surface area (Å²) >= 11 is 0. The van der Waals surface area contributed by atoms with Crippen LogP contribution in [0.3, 0.4) is 0 Å². The fourth-order valence-corrected chi connectivity index (χ4v) is 2.50. The fraction of sp³-hybridized carbons (Fsp3) is 0.467. The Labute approximate surface area is 117 Å². The first-order valence-corrected chi connectivity index (χ1v) is 7.04. The minimum absolute atomic E-state index is 0.0547. The molecule has 106 valence electrons. The Morgan fingerprint density at radius 3 is 2.55 bits per heavy atom. The molecule has 3 rings (SSSR count). The van der Waals surface area contributed by atoms with E-state index in [-0.39, 0.29) is 24.3 Å². The Morgan fingerprint density at radius 2 is 1.95 bits per heavy atom. The number of imide groups is 1. The van der Waals surface area contributed by atoms with Crippen molar-refractivity contribution in [1.29, 1.82) is 0 Å². The van der Waals surface area contributed by atoms with Gasteiger partial charge in [0, 0.05) is 11.7 Å². The molecule has 1 aliphatic carbocycles. The second kappa shape index (κ2) is 5.15. The summed E-state index contributed by atoms with van der Waals surface area (Å²) in [5, 5.41) is 3.14. The molecule has 2 fully saturated rings. The average molecular weight is 274 g/mol. The number of likely N-dealkylation sites (tertiary alicyclic amines) is 1. The molecule has 1 heterocycles. The van der Waals surface area contributed by atoms with Crippen molar-refractivity contribution in [2.45, 2.75) is 38.3 Å². The highest BCUT2D eigenvalue weighted by Crippen LogP contribution is 2.32. The highest BCUT2D eigenvalue weighted by atomic mass is 16.5. The fourth-order valence-electron chi connectivity index (χ4n) is 2.50. The summed E-state index contributed by atoms with van der Waals surface area (Å²) in [7, 11) is 0. The number of hydrogen-bond acceptors (Lipinski definition) is 4. The Kier molecular flexibility index (Phi) is 3.34. The molecule has 1 saturated carbocycles. The van der Waals surface area contributed by atoms with Crippen molar-refractivity contribution >= 4 is 17.5 Å². The second-order valence-corrected chi connectivity index (χ2v) is 5.19. The summed E-state index contributed by atoms with van der Waals surface area (Å²) in [6, 6.07) is 7.16. The van der Waals surface area contributed by atoms with Gasteiger partial charge in [0.25, 0.3) is 5.91 Å². The third kappa shape index (κ3) is 2.48. The maximum atomic E-state index is 12.2. The molecule has 2 aliphatic rings. The molecule has 1 aromatic rings. The number of carbonyl (C=O) groups excluding carboxylic acids is 2. The van der Waals surface area contributed by atoms with Gasteiger partial charge in [-0.15, -0.1) is 0 Å². The van der Waals surface area contributed by atoms with Gasteiger partial charge in [0.1, 0.15) is 11.8 Å². The summed E-state index contributed by atoms with van der Waals surface area (Å²) in [5.41, 5.74) is 0.831. The lowest BCUT2D eigenvalue weighted by atomic mass is 10.2. The van der Waals surface area contributed by atoms with Crippen LogP contribution in [0.25, 0.3) is 0 Å². The first kappa shape index (κ1) is 13.0. The zero-order valence-corrected chi connectivity index (χ0v) is 11.5. The van der Waals surface area contributed by atoms with Crippen molar-refractivity contribution in [3.63, 3.8) is 0 Å². The number of hydrogen-bond donors (Lipinski definition) is 1. The van der Waals surface area contributed by atoms with Crippen LogP contribution in [0.1, 0.15) is 26.2 Å². The van der Waals surface area contributed by atoms with Crippen LogP contribution in [0.15, 0.2) is 24.3 Å². The Morgan fingerprint density at radius 1 is 1.25 bits per heavy atom. The minimum Gasteiger partial charge on any atom is -0.494 e. The SMILES string of the molecule is CCOc1ccc(NC2CC(=O)N(C3CC3)C2=O)cc1. The molecular weight excluding hydrogens is 256 g/mol. The molecule has 1 aliphatic heterocycles. The molecule has 2 amide bonds. The van der Waals surface area contributed by atoms with E-state index in [4.69, 9.17) is 4.74 Å². The van der Waals surface area contributed by atoms with Gasteiger partial charge in [-0.25, -0.2) is 0 Å². The van der Waals surface area contributed by atoms with E-state index in [1.54, 1.807) is 0 Å². The number of amides is 2. The van der Waals surface area contributed by atoms with Crippen molar-refractivity contribution in [3.05, 3.63) is 24.3 Å². The number of rotatable bonds is 5. The molecule has 0 radical (unpaired) electrons. The van der Waals surface area contributed by atoms with Crippen LogP contribution in [0.2, 0.25) is 0 Å². The van der Waals surface area contributed by atoms with E-state index in [1.165, 1.54) is 4.90 Å². The predicted molar refractivity (Wildman–Crippen MR) is 74.5 cm³/mol. The minimum atomic E-state index is -0.430.